The second kappa shape index (κ2) is 7.25. The Morgan fingerprint density at radius 3 is 1.74 bits per heavy atom. The van der Waals surface area contributed by atoms with Crippen LogP contribution in [-0.4, -0.2) is 31.5 Å². The van der Waals surface area contributed by atoms with Gasteiger partial charge in [0.1, 0.15) is 5.75 Å². The zero-order valence-electron chi connectivity index (χ0n) is 16.3. The molecule has 0 bridgehead atoms. The lowest BCUT2D eigenvalue weighted by Crippen LogP contribution is -2.41. The molecule has 0 spiro atoms. The Morgan fingerprint density at radius 1 is 0.852 bits per heavy atom. The molecule has 2 aromatic rings. The van der Waals surface area contributed by atoms with Gasteiger partial charge in [-0.15, -0.1) is 0 Å². The van der Waals surface area contributed by atoms with Gasteiger partial charge in [0.25, 0.3) is 0 Å². The van der Waals surface area contributed by atoms with Crippen LogP contribution >= 0.6 is 0 Å². The molecule has 7 heteroatoms. The largest absolute Gasteiger partial charge is 0.497 e. The second-order valence-corrected chi connectivity index (χ2v) is 7.52. The number of amides is 2. The Morgan fingerprint density at radius 2 is 1.30 bits per heavy atom. The number of urea groups is 1. The van der Waals surface area contributed by atoms with E-state index in [1.165, 1.54) is 0 Å². The highest BCUT2D eigenvalue weighted by Crippen LogP contribution is 2.36. The average Bonchev–Trinajstić information content (AvgIpc) is 2.84. The van der Waals surface area contributed by atoms with Crippen molar-refractivity contribution in [3.05, 3.63) is 48.5 Å². The van der Waals surface area contributed by atoms with Crippen LogP contribution in [0.15, 0.2) is 48.5 Å². The lowest BCUT2D eigenvalue weighted by atomic mass is 9.79. The number of nitrogens with one attached hydrogen (secondary N) is 2. The van der Waals surface area contributed by atoms with Crippen molar-refractivity contribution in [3.8, 4) is 5.75 Å². The lowest BCUT2D eigenvalue weighted by molar-refractivity contribution is 0.00578. The second-order valence-electron chi connectivity index (χ2n) is 7.52. The molecule has 1 fully saturated rings. The maximum Gasteiger partial charge on any atom is 0.494 e. The van der Waals surface area contributed by atoms with Crippen molar-refractivity contribution in [1.82, 2.24) is 0 Å². The van der Waals surface area contributed by atoms with Gasteiger partial charge in [-0.1, -0.05) is 12.1 Å². The minimum absolute atomic E-state index is 0.316. The molecule has 6 nitrogen and oxygen atoms in total. The smallest absolute Gasteiger partial charge is 0.494 e. The van der Waals surface area contributed by atoms with Gasteiger partial charge < -0.3 is 24.7 Å². The Labute approximate surface area is 160 Å². The van der Waals surface area contributed by atoms with Crippen LogP contribution in [0, 0.1) is 0 Å². The maximum absolute atomic E-state index is 12.1. The fourth-order valence-electron chi connectivity index (χ4n) is 2.67. The summed E-state index contributed by atoms with van der Waals surface area (Å²) in [6.45, 7) is 8.08. The molecule has 2 amide bonds. The standard InChI is InChI=1S/C20H25BN2O4/c1-19(2)20(3,4)27-21(26-19)14-6-8-15(9-7-14)22-18(24)23-16-10-12-17(25-5)13-11-16/h6-13H,1-5H3,(H2,22,23,24). The van der Waals surface area contributed by atoms with E-state index < -0.39 is 7.12 Å². The number of benzene rings is 2. The van der Waals surface area contributed by atoms with E-state index in [2.05, 4.69) is 10.6 Å². The van der Waals surface area contributed by atoms with E-state index in [0.717, 1.165) is 11.2 Å². The summed E-state index contributed by atoms with van der Waals surface area (Å²) in [4.78, 5) is 12.1. The average molecular weight is 368 g/mol. The minimum atomic E-state index is -0.419. The van der Waals surface area contributed by atoms with E-state index in [1.54, 1.807) is 31.4 Å². The van der Waals surface area contributed by atoms with Crippen molar-refractivity contribution in [2.75, 3.05) is 17.7 Å². The third kappa shape index (κ3) is 4.26. The lowest BCUT2D eigenvalue weighted by Gasteiger charge is -2.32. The topological polar surface area (TPSA) is 68.8 Å². The van der Waals surface area contributed by atoms with Crippen molar-refractivity contribution >= 4 is 30.0 Å². The summed E-state index contributed by atoms with van der Waals surface area (Å²) in [5.41, 5.74) is 1.51. The molecular formula is C20H25BN2O4. The van der Waals surface area contributed by atoms with Gasteiger partial charge in [-0.05, 0) is 69.6 Å². The predicted molar refractivity (Wildman–Crippen MR) is 108 cm³/mol. The number of hydrogen-bond donors (Lipinski definition) is 2. The summed E-state index contributed by atoms with van der Waals surface area (Å²) in [5.74, 6) is 0.735. The van der Waals surface area contributed by atoms with E-state index in [0.29, 0.717) is 11.4 Å². The van der Waals surface area contributed by atoms with Gasteiger partial charge in [-0.2, -0.15) is 0 Å². The molecule has 3 rings (SSSR count). The Hall–Kier alpha value is -2.51. The number of ether oxygens (including phenoxy) is 1. The Kier molecular flexibility index (Phi) is 5.17. The summed E-state index contributed by atoms with van der Waals surface area (Å²) >= 11 is 0. The predicted octanol–water partition coefficient (Wildman–Crippen LogP) is 3.64. The molecule has 0 aromatic heterocycles. The van der Waals surface area contributed by atoms with Crippen LogP contribution in [0.3, 0.4) is 0 Å². The minimum Gasteiger partial charge on any atom is -0.497 e. The molecule has 0 radical (unpaired) electrons. The van der Waals surface area contributed by atoms with Gasteiger partial charge in [-0.3, -0.25) is 0 Å². The maximum atomic E-state index is 12.1. The number of carbonyl (C=O) groups is 1. The van der Waals surface area contributed by atoms with Crippen molar-refractivity contribution in [2.45, 2.75) is 38.9 Å². The van der Waals surface area contributed by atoms with Crippen LogP contribution in [0.25, 0.3) is 0 Å². The van der Waals surface area contributed by atoms with E-state index >= 15 is 0 Å². The number of hydrogen-bond acceptors (Lipinski definition) is 4. The van der Waals surface area contributed by atoms with Crippen LogP contribution in [-0.2, 0) is 9.31 Å². The molecule has 2 N–H and O–H groups in total. The van der Waals surface area contributed by atoms with Gasteiger partial charge >= 0.3 is 13.1 Å². The summed E-state index contributed by atoms with van der Waals surface area (Å²) in [7, 11) is 1.18. The van der Waals surface area contributed by atoms with Gasteiger partial charge in [0.05, 0.1) is 18.3 Å². The van der Waals surface area contributed by atoms with Gasteiger partial charge in [-0.25, -0.2) is 4.79 Å². The Bertz CT molecular complexity index is 788. The summed E-state index contributed by atoms with van der Waals surface area (Å²) < 4.78 is 17.2. The van der Waals surface area contributed by atoms with E-state index in [4.69, 9.17) is 14.0 Å². The zero-order valence-corrected chi connectivity index (χ0v) is 16.3. The summed E-state index contributed by atoms with van der Waals surface area (Å²) in [6.07, 6.45) is 0. The quantitative estimate of drug-likeness (QED) is 0.809. The SMILES string of the molecule is COc1ccc(NC(=O)Nc2ccc(B3OC(C)(C)C(C)(C)O3)cc2)cc1. The first-order valence-electron chi connectivity index (χ1n) is 8.88. The molecule has 0 unspecified atom stereocenters. The highest BCUT2D eigenvalue weighted by molar-refractivity contribution is 6.62. The van der Waals surface area contributed by atoms with Crippen molar-refractivity contribution in [2.24, 2.45) is 0 Å². The van der Waals surface area contributed by atoms with Crippen LogP contribution in [0.1, 0.15) is 27.7 Å². The third-order valence-electron chi connectivity index (χ3n) is 5.04. The molecule has 2 aromatic carbocycles. The first-order valence-corrected chi connectivity index (χ1v) is 8.88. The first-order chi connectivity index (χ1) is 12.7. The van der Waals surface area contributed by atoms with Crippen LogP contribution in [0.4, 0.5) is 16.2 Å². The van der Waals surface area contributed by atoms with Crippen molar-refractivity contribution < 1.29 is 18.8 Å². The van der Waals surface area contributed by atoms with Crippen LogP contribution in [0.2, 0.25) is 0 Å². The van der Waals surface area contributed by atoms with Crippen molar-refractivity contribution in [1.29, 1.82) is 0 Å². The number of rotatable bonds is 4. The third-order valence-corrected chi connectivity index (χ3v) is 5.04. The van der Waals surface area contributed by atoms with Crippen LogP contribution < -0.4 is 20.8 Å². The van der Waals surface area contributed by atoms with Gasteiger partial charge in [0.2, 0.25) is 0 Å². The summed E-state index contributed by atoms with van der Waals surface area (Å²) in [5, 5.41) is 5.58. The molecule has 1 aliphatic rings. The van der Waals surface area contributed by atoms with Gasteiger partial charge in [0, 0.05) is 11.4 Å². The zero-order chi connectivity index (χ0) is 19.7. The van der Waals surface area contributed by atoms with E-state index in [-0.39, 0.29) is 17.2 Å². The Balaban J connectivity index is 1.60. The molecule has 0 aliphatic carbocycles. The molecular weight excluding hydrogens is 343 g/mol. The van der Waals surface area contributed by atoms with Crippen molar-refractivity contribution in [3.63, 3.8) is 0 Å². The summed E-state index contributed by atoms with van der Waals surface area (Å²) in [6, 6.07) is 14.3. The first kappa shape index (κ1) is 19.3. The molecule has 1 heterocycles. The number of methoxy groups -OCH3 is 1. The van der Waals surface area contributed by atoms with Gasteiger partial charge in [0.15, 0.2) is 0 Å². The molecule has 142 valence electrons. The highest BCUT2D eigenvalue weighted by atomic mass is 16.7. The number of carbonyl (C=O) groups excluding carboxylic acids is 1. The fraction of sp³-hybridized carbons (Fsp3) is 0.350. The van der Waals surface area contributed by atoms with E-state index in [9.17, 15) is 4.79 Å². The highest BCUT2D eigenvalue weighted by Gasteiger charge is 2.51. The normalized spacial score (nSPS) is 17.4. The molecule has 0 atom stereocenters. The number of anilines is 2. The monoisotopic (exact) mass is 368 g/mol. The van der Waals surface area contributed by atoms with E-state index in [1.807, 2.05) is 52.0 Å². The molecule has 0 saturated carbocycles. The molecule has 27 heavy (non-hydrogen) atoms. The van der Waals surface area contributed by atoms with Crippen LogP contribution in [0.5, 0.6) is 5.75 Å². The molecule has 1 aliphatic heterocycles. The fourth-order valence-corrected chi connectivity index (χ4v) is 2.67. The molecule has 1 saturated heterocycles.